The molecule has 9 heavy (non-hydrogen) atoms. The van der Waals surface area contributed by atoms with Gasteiger partial charge in [-0.15, -0.1) is 0 Å². The van der Waals surface area contributed by atoms with Gasteiger partial charge in [-0.2, -0.15) is 0 Å². The van der Waals surface area contributed by atoms with E-state index in [-0.39, 0.29) is 13.0 Å². The monoisotopic (exact) mass is 136 g/mol. The molecule has 0 bridgehead atoms. The molecule has 0 heterocycles. The second kappa shape index (κ2) is 3.12. The average Bonchev–Trinajstić information content (AvgIpc) is 1.64. The van der Waals surface area contributed by atoms with Crippen molar-refractivity contribution < 1.29 is 20.4 Å². The van der Waals surface area contributed by atoms with Crippen molar-refractivity contribution in [2.45, 2.75) is 25.2 Å². The van der Waals surface area contributed by atoms with Gasteiger partial charge < -0.3 is 20.4 Å². The van der Waals surface area contributed by atoms with Crippen LogP contribution in [0.15, 0.2) is 0 Å². The first-order valence-corrected chi connectivity index (χ1v) is 2.72. The summed E-state index contributed by atoms with van der Waals surface area (Å²) in [5, 5.41) is 34.2. The Hall–Kier alpha value is -0.160. The molecule has 0 amide bonds. The van der Waals surface area contributed by atoms with Gasteiger partial charge in [-0.25, -0.2) is 0 Å². The van der Waals surface area contributed by atoms with Crippen molar-refractivity contribution >= 4 is 0 Å². The summed E-state index contributed by atoms with van der Waals surface area (Å²) in [6.45, 7) is 0.811. The first kappa shape index (κ1) is 8.84. The van der Waals surface area contributed by atoms with Crippen LogP contribution in [0.3, 0.4) is 0 Å². The standard InChI is InChI=1S/C5H12O4/c1-5(8,9)4(7)2-3-6/h4,6-9H,2-3H2,1H3. The van der Waals surface area contributed by atoms with Gasteiger partial charge in [-0.3, -0.25) is 0 Å². The van der Waals surface area contributed by atoms with Crippen LogP contribution < -0.4 is 0 Å². The smallest absolute Gasteiger partial charge is 0.186 e. The molecule has 0 rings (SSSR count). The van der Waals surface area contributed by atoms with Crippen LogP contribution in [0.4, 0.5) is 0 Å². The fourth-order valence-corrected chi connectivity index (χ4v) is 0.396. The minimum Gasteiger partial charge on any atom is -0.396 e. The van der Waals surface area contributed by atoms with Crippen molar-refractivity contribution in [3.8, 4) is 0 Å². The van der Waals surface area contributed by atoms with E-state index in [9.17, 15) is 0 Å². The Morgan fingerprint density at radius 2 is 1.89 bits per heavy atom. The van der Waals surface area contributed by atoms with E-state index in [0.29, 0.717) is 0 Å². The third-order valence-corrected chi connectivity index (χ3v) is 1.03. The lowest BCUT2D eigenvalue weighted by Gasteiger charge is -2.21. The van der Waals surface area contributed by atoms with Gasteiger partial charge in [0.25, 0.3) is 0 Å². The maximum atomic E-state index is 8.73. The molecule has 0 aliphatic carbocycles. The van der Waals surface area contributed by atoms with E-state index in [4.69, 9.17) is 20.4 Å². The summed E-state index contributed by atoms with van der Waals surface area (Å²) >= 11 is 0. The minimum absolute atomic E-state index is 0.0243. The molecule has 0 aromatic rings. The molecule has 1 atom stereocenters. The number of hydrogen-bond acceptors (Lipinski definition) is 4. The molecule has 4 nitrogen and oxygen atoms in total. The first-order chi connectivity index (χ1) is 3.98. The third kappa shape index (κ3) is 3.42. The van der Waals surface area contributed by atoms with E-state index in [2.05, 4.69) is 0 Å². The lowest BCUT2D eigenvalue weighted by atomic mass is 10.1. The zero-order valence-corrected chi connectivity index (χ0v) is 5.28. The van der Waals surface area contributed by atoms with Crippen LogP contribution in [0.2, 0.25) is 0 Å². The van der Waals surface area contributed by atoms with Gasteiger partial charge in [-0.1, -0.05) is 0 Å². The molecule has 0 aliphatic heterocycles. The Labute approximate surface area is 53.4 Å². The summed E-state index contributed by atoms with van der Waals surface area (Å²) in [6.07, 6.45) is -1.30. The molecular weight excluding hydrogens is 124 g/mol. The van der Waals surface area contributed by atoms with E-state index in [0.717, 1.165) is 6.92 Å². The molecule has 1 unspecified atom stereocenters. The van der Waals surface area contributed by atoms with Gasteiger partial charge in [0.2, 0.25) is 0 Å². The first-order valence-electron chi connectivity index (χ1n) is 2.72. The van der Waals surface area contributed by atoms with Crippen LogP contribution in [0.5, 0.6) is 0 Å². The molecule has 0 aromatic heterocycles. The van der Waals surface area contributed by atoms with E-state index < -0.39 is 11.9 Å². The number of hydrogen-bond donors (Lipinski definition) is 4. The topological polar surface area (TPSA) is 80.9 Å². The van der Waals surface area contributed by atoms with Crippen LogP contribution in [0.25, 0.3) is 0 Å². The largest absolute Gasteiger partial charge is 0.396 e. The Morgan fingerprint density at radius 3 is 2.00 bits per heavy atom. The Balaban J connectivity index is 3.59. The van der Waals surface area contributed by atoms with Crippen LogP contribution in [0.1, 0.15) is 13.3 Å². The molecule has 56 valence electrons. The Morgan fingerprint density at radius 1 is 1.44 bits per heavy atom. The van der Waals surface area contributed by atoms with Crippen LogP contribution in [-0.2, 0) is 0 Å². The van der Waals surface area contributed by atoms with Crippen LogP contribution in [0, 0.1) is 0 Å². The molecule has 0 fully saturated rings. The summed E-state index contributed by atoms with van der Waals surface area (Å²) in [7, 11) is 0. The highest BCUT2D eigenvalue weighted by Gasteiger charge is 2.25. The Kier molecular flexibility index (Phi) is 3.07. The SMILES string of the molecule is CC(O)(O)C(O)CCO. The summed E-state index contributed by atoms with van der Waals surface area (Å²) in [5.74, 6) is -2.09. The molecule has 0 aliphatic rings. The molecule has 4 N–H and O–H groups in total. The molecule has 4 heteroatoms. The molecule has 0 saturated carbocycles. The second-order valence-electron chi connectivity index (χ2n) is 2.12. The highest BCUT2D eigenvalue weighted by Crippen LogP contribution is 2.07. The van der Waals surface area contributed by atoms with Crippen LogP contribution in [-0.4, -0.2) is 38.9 Å². The van der Waals surface area contributed by atoms with Crippen molar-refractivity contribution in [3.05, 3.63) is 0 Å². The number of aliphatic hydroxyl groups is 4. The fraction of sp³-hybridized carbons (Fsp3) is 1.00. The van der Waals surface area contributed by atoms with Crippen molar-refractivity contribution in [2.75, 3.05) is 6.61 Å². The fourth-order valence-electron chi connectivity index (χ4n) is 0.396. The van der Waals surface area contributed by atoms with E-state index >= 15 is 0 Å². The Bertz CT molecular complexity index is 75.5. The average molecular weight is 136 g/mol. The highest BCUT2D eigenvalue weighted by molar-refractivity contribution is 4.67. The van der Waals surface area contributed by atoms with Crippen molar-refractivity contribution in [1.82, 2.24) is 0 Å². The van der Waals surface area contributed by atoms with E-state index in [1.807, 2.05) is 0 Å². The van der Waals surface area contributed by atoms with Gasteiger partial charge in [0, 0.05) is 13.0 Å². The zero-order valence-electron chi connectivity index (χ0n) is 5.28. The molecule has 0 spiro atoms. The zero-order chi connectivity index (χ0) is 7.49. The highest BCUT2D eigenvalue weighted by atomic mass is 16.5. The van der Waals surface area contributed by atoms with Gasteiger partial charge >= 0.3 is 0 Å². The van der Waals surface area contributed by atoms with Gasteiger partial charge in [0.05, 0.1) is 0 Å². The van der Waals surface area contributed by atoms with Crippen LogP contribution >= 0.6 is 0 Å². The molecule has 0 aromatic carbocycles. The van der Waals surface area contributed by atoms with Gasteiger partial charge in [0.15, 0.2) is 5.79 Å². The summed E-state index contributed by atoms with van der Waals surface area (Å²) in [5.41, 5.74) is 0. The summed E-state index contributed by atoms with van der Waals surface area (Å²) in [4.78, 5) is 0. The normalized spacial score (nSPS) is 15.7. The van der Waals surface area contributed by atoms with Crippen molar-refractivity contribution in [1.29, 1.82) is 0 Å². The molecule has 0 radical (unpaired) electrons. The predicted octanol–water partition coefficient (Wildman–Crippen LogP) is -1.57. The van der Waals surface area contributed by atoms with E-state index in [1.165, 1.54) is 0 Å². The molecular formula is C5H12O4. The third-order valence-electron chi connectivity index (χ3n) is 1.03. The second-order valence-corrected chi connectivity index (χ2v) is 2.12. The van der Waals surface area contributed by atoms with Crippen molar-refractivity contribution in [2.24, 2.45) is 0 Å². The van der Waals surface area contributed by atoms with Gasteiger partial charge in [0.1, 0.15) is 6.10 Å². The lowest BCUT2D eigenvalue weighted by Crippen LogP contribution is -2.39. The quantitative estimate of drug-likeness (QED) is 0.353. The minimum atomic E-state index is -2.09. The maximum absolute atomic E-state index is 8.73. The summed E-state index contributed by atoms with van der Waals surface area (Å²) in [6, 6.07) is 0. The van der Waals surface area contributed by atoms with E-state index in [1.54, 1.807) is 0 Å². The molecule has 0 saturated heterocycles. The summed E-state index contributed by atoms with van der Waals surface area (Å²) < 4.78 is 0. The number of aliphatic hydroxyl groups excluding tert-OH is 2. The predicted molar refractivity (Wildman–Crippen MR) is 30.6 cm³/mol. The number of rotatable bonds is 3. The lowest BCUT2D eigenvalue weighted by molar-refractivity contribution is -0.214. The maximum Gasteiger partial charge on any atom is 0.186 e. The van der Waals surface area contributed by atoms with Gasteiger partial charge in [-0.05, 0) is 6.92 Å². The van der Waals surface area contributed by atoms with Crippen molar-refractivity contribution in [3.63, 3.8) is 0 Å².